The lowest BCUT2D eigenvalue weighted by Gasteiger charge is -2.10. The van der Waals surface area contributed by atoms with Crippen LogP contribution in [-0.2, 0) is 20.8 Å². The van der Waals surface area contributed by atoms with Crippen molar-refractivity contribution in [3.63, 3.8) is 0 Å². The van der Waals surface area contributed by atoms with Gasteiger partial charge in [-0.15, -0.1) is 11.3 Å². The van der Waals surface area contributed by atoms with Gasteiger partial charge in [0.05, 0.1) is 18.8 Å². The molecule has 0 radical (unpaired) electrons. The predicted octanol–water partition coefficient (Wildman–Crippen LogP) is 4.16. The highest BCUT2D eigenvalue weighted by Gasteiger charge is 2.28. The maximum Gasteiger partial charge on any atom is 0.348 e. The number of ether oxygens (including phenoxy) is 3. The molecule has 0 fully saturated rings. The molecule has 0 bridgehead atoms. The molecule has 0 spiro atoms. The Kier molecular flexibility index (Phi) is 7.78. The van der Waals surface area contributed by atoms with Crippen molar-refractivity contribution >= 4 is 34.2 Å². The molecule has 0 aliphatic carbocycles. The summed E-state index contributed by atoms with van der Waals surface area (Å²) in [6.45, 7) is 7.44. The fraction of sp³-hybridized carbons (Fsp3) is 0.381. The zero-order chi connectivity index (χ0) is 21.6. The summed E-state index contributed by atoms with van der Waals surface area (Å²) in [5.74, 6) is -1.54. The van der Waals surface area contributed by atoms with E-state index in [-0.39, 0.29) is 40.8 Å². The number of benzene rings is 1. The molecule has 1 aromatic heterocycles. The SMILES string of the molecule is CCOC(=O)c1sc(N)c(C(=O)OCC)c1COC(=O)c1ccc(C(C)C)cc1. The molecule has 2 N–H and O–H groups in total. The number of nitrogen functional groups attached to an aromatic ring is 1. The van der Waals surface area contributed by atoms with Gasteiger partial charge >= 0.3 is 17.9 Å². The molecule has 8 heteroatoms. The smallest absolute Gasteiger partial charge is 0.348 e. The summed E-state index contributed by atoms with van der Waals surface area (Å²) in [7, 11) is 0. The van der Waals surface area contributed by atoms with E-state index in [1.807, 2.05) is 12.1 Å². The Labute approximate surface area is 173 Å². The molecule has 2 rings (SSSR count). The molecule has 1 aromatic carbocycles. The molecule has 1 heterocycles. The summed E-state index contributed by atoms with van der Waals surface area (Å²) >= 11 is 0.907. The molecule has 29 heavy (non-hydrogen) atoms. The van der Waals surface area contributed by atoms with Gasteiger partial charge in [0.15, 0.2) is 0 Å². The summed E-state index contributed by atoms with van der Waals surface area (Å²) in [5.41, 5.74) is 7.63. The van der Waals surface area contributed by atoms with Crippen LogP contribution < -0.4 is 5.73 Å². The third-order valence-corrected chi connectivity index (χ3v) is 5.18. The summed E-state index contributed by atoms with van der Waals surface area (Å²) < 4.78 is 15.4. The third kappa shape index (κ3) is 5.35. The predicted molar refractivity (Wildman–Crippen MR) is 110 cm³/mol. The van der Waals surface area contributed by atoms with E-state index < -0.39 is 17.9 Å². The maximum atomic E-state index is 12.4. The van der Waals surface area contributed by atoms with Gasteiger partial charge in [0, 0.05) is 5.56 Å². The zero-order valence-electron chi connectivity index (χ0n) is 16.9. The van der Waals surface area contributed by atoms with Gasteiger partial charge in [-0.1, -0.05) is 26.0 Å². The lowest BCUT2D eigenvalue weighted by Crippen LogP contribution is -2.14. The monoisotopic (exact) mass is 419 g/mol. The lowest BCUT2D eigenvalue weighted by atomic mass is 10.0. The molecule has 156 valence electrons. The second kappa shape index (κ2) is 10.1. The highest BCUT2D eigenvalue weighted by molar-refractivity contribution is 7.18. The van der Waals surface area contributed by atoms with E-state index in [1.165, 1.54) is 0 Å². The van der Waals surface area contributed by atoms with Gasteiger partial charge in [0.1, 0.15) is 22.0 Å². The summed E-state index contributed by atoms with van der Waals surface area (Å²) in [4.78, 5) is 37.1. The number of thiophene rings is 1. The molecular weight excluding hydrogens is 394 g/mol. The van der Waals surface area contributed by atoms with E-state index in [2.05, 4.69) is 13.8 Å². The average Bonchev–Trinajstić information content (AvgIpc) is 3.03. The van der Waals surface area contributed by atoms with E-state index in [9.17, 15) is 14.4 Å². The number of hydrogen-bond acceptors (Lipinski definition) is 8. The first-order chi connectivity index (χ1) is 13.8. The first-order valence-corrected chi connectivity index (χ1v) is 10.1. The topological polar surface area (TPSA) is 105 Å². The summed E-state index contributed by atoms with van der Waals surface area (Å²) in [6, 6.07) is 7.08. The second-order valence-corrected chi connectivity index (χ2v) is 7.49. The van der Waals surface area contributed by atoms with Gasteiger partial charge in [0.25, 0.3) is 0 Å². The standard InChI is InChI=1S/C21H25NO6S/c1-5-26-20(24)16-15(17(29-18(16)22)21(25)27-6-2)11-28-19(23)14-9-7-13(8-10-14)12(3)4/h7-10,12H,5-6,11,22H2,1-4H3. The van der Waals surface area contributed by atoms with Gasteiger partial charge in [-0.2, -0.15) is 0 Å². The van der Waals surface area contributed by atoms with E-state index in [0.717, 1.165) is 16.9 Å². The minimum Gasteiger partial charge on any atom is -0.462 e. The number of nitrogens with two attached hydrogens (primary N) is 1. The van der Waals surface area contributed by atoms with Crippen molar-refractivity contribution in [1.29, 1.82) is 0 Å². The number of rotatable bonds is 8. The summed E-state index contributed by atoms with van der Waals surface area (Å²) in [6.07, 6.45) is 0. The largest absolute Gasteiger partial charge is 0.462 e. The molecule has 0 aliphatic rings. The van der Waals surface area contributed by atoms with Crippen LogP contribution in [0, 0.1) is 0 Å². The number of carbonyl (C=O) groups is 3. The third-order valence-electron chi connectivity index (χ3n) is 4.14. The highest BCUT2D eigenvalue weighted by Crippen LogP contribution is 2.33. The van der Waals surface area contributed by atoms with Crippen molar-refractivity contribution in [3.8, 4) is 0 Å². The molecule has 0 atom stereocenters. The molecule has 7 nitrogen and oxygen atoms in total. The Morgan fingerprint density at radius 3 is 2.07 bits per heavy atom. The van der Waals surface area contributed by atoms with Crippen molar-refractivity contribution in [2.45, 2.75) is 40.2 Å². The van der Waals surface area contributed by atoms with Gasteiger partial charge in [-0.3, -0.25) is 0 Å². The van der Waals surface area contributed by atoms with Crippen LogP contribution in [0.25, 0.3) is 0 Å². The van der Waals surface area contributed by atoms with Crippen molar-refractivity contribution < 1.29 is 28.6 Å². The van der Waals surface area contributed by atoms with Gasteiger partial charge in [0.2, 0.25) is 0 Å². The minimum atomic E-state index is -0.677. The zero-order valence-corrected chi connectivity index (χ0v) is 17.8. The Bertz CT molecular complexity index is 885. The van der Waals surface area contributed by atoms with Gasteiger partial charge in [-0.25, -0.2) is 14.4 Å². The van der Waals surface area contributed by atoms with E-state index in [1.54, 1.807) is 26.0 Å². The number of carbonyl (C=O) groups excluding carboxylic acids is 3. The number of esters is 3. The molecule has 0 aliphatic heterocycles. The molecular formula is C21H25NO6S. The Morgan fingerprint density at radius 1 is 0.931 bits per heavy atom. The van der Waals surface area contributed by atoms with Gasteiger partial charge in [-0.05, 0) is 37.5 Å². The molecule has 2 aromatic rings. The Balaban J connectivity index is 2.28. The van der Waals surface area contributed by atoms with Crippen LogP contribution in [-0.4, -0.2) is 31.1 Å². The minimum absolute atomic E-state index is 0.0304. The lowest BCUT2D eigenvalue weighted by molar-refractivity contribution is 0.0437. The first kappa shape index (κ1) is 22.4. The van der Waals surface area contributed by atoms with Crippen LogP contribution in [0.3, 0.4) is 0 Å². The van der Waals surface area contributed by atoms with E-state index in [0.29, 0.717) is 11.5 Å². The molecule has 0 saturated carbocycles. The van der Waals surface area contributed by atoms with E-state index in [4.69, 9.17) is 19.9 Å². The van der Waals surface area contributed by atoms with Crippen LogP contribution in [0.5, 0.6) is 0 Å². The van der Waals surface area contributed by atoms with Gasteiger partial charge < -0.3 is 19.9 Å². The number of anilines is 1. The fourth-order valence-corrected chi connectivity index (χ4v) is 3.59. The van der Waals surface area contributed by atoms with Crippen molar-refractivity contribution in [2.75, 3.05) is 18.9 Å². The number of hydrogen-bond donors (Lipinski definition) is 1. The summed E-state index contributed by atoms with van der Waals surface area (Å²) in [5, 5.41) is 0.110. The van der Waals surface area contributed by atoms with Crippen LogP contribution in [0.1, 0.15) is 75.1 Å². The van der Waals surface area contributed by atoms with Crippen LogP contribution in [0.4, 0.5) is 5.00 Å². The first-order valence-electron chi connectivity index (χ1n) is 9.32. The van der Waals surface area contributed by atoms with Crippen molar-refractivity contribution in [1.82, 2.24) is 0 Å². The quantitative estimate of drug-likeness (QED) is 0.506. The Hall–Kier alpha value is -2.87. The normalized spacial score (nSPS) is 10.7. The molecule has 0 saturated heterocycles. The van der Waals surface area contributed by atoms with Crippen LogP contribution in [0.2, 0.25) is 0 Å². The second-order valence-electron chi connectivity index (χ2n) is 6.44. The van der Waals surface area contributed by atoms with Crippen molar-refractivity contribution in [3.05, 3.63) is 51.4 Å². The van der Waals surface area contributed by atoms with Crippen molar-refractivity contribution in [2.24, 2.45) is 0 Å². The highest BCUT2D eigenvalue weighted by atomic mass is 32.1. The molecule has 0 amide bonds. The van der Waals surface area contributed by atoms with Crippen LogP contribution >= 0.6 is 11.3 Å². The van der Waals surface area contributed by atoms with Crippen LogP contribution in [0.15, 0.2) is 24.3 Å². The molecule has 0 unspecified atom stereocenters. The Morgan fingerprint density at radius 2 is 1.52 bits per heavy atom. The maximum absolute atomic E-state index is 12.4. The van der Waals surface area contributed by atoms with E-state index >= 15 is 0 Å². The fourth-order valence-electron chi connectivity index (χ4n) is 2.64. The average molecular weight is 419 g/mol.